The van der Waals surface area contributed by atoms with E-state index in [4.69, 9.17) is 15.6 Å². The van der Waals surface area contributed by atoms with Gasteiger partial charge in [-0.25, -0.2) is 4.79 Å². The summed E-state index contributed by atoms with van der Waals surface area (Å²) < 4.78 is 0. The molecule has 6 nitrogen and oxygen atoms in total. The highest BCUT2D eigenvalue weighted by Gasteiger charge is 1.77. The normalized spacial score (nSPS) is 6.78. The summed E-state index contributed by atoms with van der Waals surface area (Å²) in [7, 11) is 0. The Morgan fingerprint density at radius 2 is 1.44 bits per heavy atom. The lowest BCUT2D eigenvalue weighted by atomic mass is 10.7. The van der Waals surface area contributed by atoms with E-state index in [0.717, 1.165) is 0 Å². The van der Waals surface area contributed by atoms with Gasteiger partial charge in [-0.2, -0.15) is 0 Å². The van der Waals surface area contributed by atoms with Gasteiger partial charge in [-0.05, 0) is 0 Å². The van der Waals surface area contributed by atoms with Crippen molar-refractivity contribution < 1.29 is 14.7 Å². The minimum absolute atomic E-state index is 0.0556. The molecule has 0 rings (SSSR count). The molecule has 0 aliphatic carbocycles. The van der Waals surface area contributed by atoms with Crippen molar-refractivity contribution in [3.05, 3.63) is 0 Å². The first-order chi connectivity index (χ1) is 4.00. The van der Waals surface area contributed by atoms with E-state index in [1.165, 1.54) is 0 Å². The third-order valence-electron chi connectivity index (χ3n) is 0.201. The number of rotatable bonds is 1. The molecular formula is C3H9N3O3. The van der Waals surface area contributed by atoms with E-state index < -0.39 is 12.0 Å². The number of hydrogen-bond donors (Lipinski definition) is 4. The van der Waals surface area contributed by atoms with Gasteiger partial charge in [-0.15, -0.1) is 0 Å². The predicted molar refractivity (Wildman–Crippen MR) is 30.5 cm³/mol. The zero-order valence-electron chi connectivity index (χ0n) is 4.70. The number of amides is 2. The van der Waals surface area contributed by atoms with Crippen LogP contribution in [-0.4, -0.2) is 23.7 Å². The van der Waals surface area contributed by atoms with Crippen molar-refractivity contribution in [1.29, 1.82) is 0 Å². The summed E-state index contributed by atoms with van der Waals surface area (Å²) in [5.41, 5.74) is 13.3. The van der Waals surface area contributed by atoms with E-state index in [9.17, 15) is 4.79 Å². The van der Waals surface area contributed by atoms with E-state index in [-0.39, 0.29) is 6.54 Å². The first-order valence-electron chi connectivity index (χ1n) is 1.97. The fourth-order valence-corrected chi connectivity index (χ4v) is 0. The number of carbonyl (C=O) groups excluding carboxylic acids is 1. The summed E-state index contributed by atoms with van der Waals surface area (Å²) in [5.74, 6) is -0.468. The second-order valence-electron chi connectivity index (χ2n) is 1.01. The summed E-state index contributed by atoms with van der Waals surface area (Å²) in [6, 6.07) is 0. The van der Waals surface area contributed by atoms with Crippen molar-refractivity contribution in [2.45, 2.75) is 0 Å². The van der Waals surface area contributed by atoms with E-state index >= 15 is 0 Å². The second-order valence-corrected chi connectivity index (χ2v) is 1.01. The molecule has 0 saturated carbocycles. The topological polar surface area (TPSA) is 132 Å². The molecule has 0 heterocycles. The molecule has 0 aromatic rings. The highest BCUT2D eigenvalue weighted by Crippen LogP contribution is 1.36. The number of nitrogens with two attached hydrogens (primary N) is 3. The van der Waals surface area contributed by atoms with Crippen molar-refractivity contribution in [1.82, 2.24) is 0 Å². The molecule has 6 heteroatoms. The van der Waals surface area contributed by atoms with Crippen LogP contribution < -0.4 is 17.2 Å². The van der Waals surface area contributed by atoms with Crippen molar-refractivity contribution in [3.8, 4) is 0 Å². The fraction of sp³-hybridized carbons (Fsp3) is 0.333. The van der Waals surface area contributed by atoms with E-state index in [2.05, 4.69) is 11.5 Å². The Bertz CT molecular complexity index is 98.5. The third-order valence-corrected chi connectivity index (χ3v) is 0.201. The van der Waals surface area contributed by atoms with Crippen molar-refractivity contribution in [2.24, 2.45) is 17.2 Å². The molecule has 0 aromatic carbocycles. The quantitative estimate of drug-likeness (QED) is 0.332. The SMILES string of the molecule is NC(=O)O.NCC(N)=O. The maximum atomic E-state index is 9.47. The van der Waals surface area contributed by atoms with Crippen LogP contribution in [0.25, 0.3) is 0 Å². The van der Waals surface area contributed by atoms with Crippen LogP contribution in [-0.2, 0) is 4.79 Å². The average molecular weight is 135 g/mol. The number of carboxylic acid groups (broad SMARTS) is 1. The standard InChI is InChI=1S/C2H6N2O.CH3NO2/c3-1-2(4)5;2-1(3)4/h1,3H2,(H2,4,5);2H2,(H,3,4). The number of primary amides is 2. The van der Waals surface area contributed by atoms with Crippen molar-refractivity contribution in [2.75, 3.05) is 6.54 Å². The minimum Gasteiger partial charge on any atom is -0.465 e. The maximum absolute atomic E-state index is 9.47. The average Bonchev–Trinajstić information content (AvgIpc) is 1.65. The monoisotopic (exact) mass is 135 g/mol. The molecule has 9 heavy (non-hydrogen) atoms. The highest BCUT2D eigenvalue weighted by molar-refractivity contribution is 5.75. The Hall–Kier alpha value is -1.30. The molecule has 0 aliphatic heterocycles. The Morgan fingerprint density at radius 3 is 1.44 bits per heavy atom. The highest BCUT2D eigenvalue weighted by atomic mass is 16.4. The molecule has 7 N–H and O–H groups in total. The predicted octanol–water partition coefficient (Wildman–Crippen LogP) is -1.95. The molecule has 0 bridgehead atoms. The van der Waals surface area contributed by atoms with Crippen LogP contribution in [0.5, 0.6) is 0 Å². The molecule has 0 fully saturated rings. The van der Waals surface area contributed by atoms with Gasteiger partial charge in [0.2, 0.25) is 5.91 Å². The minimum atomic E-state index is -1.33. The van der Waals surface area contributed by atoms with Crippen LogP contribution in [0.1, 0.15) is 0 Å². The smallest absolute Gasteiger partial charge is 0.402 e. The van der Waals surface area contributed by atoms with Gasteiger partial charge in [0.05, 0.1) is 6.54 Å². The molecule has 54 valence electrons. The number of hydrogen-bond acceptors (Lipinski definition) is 3. The van der Waals surface area contributed by atoms with Crippen LogP contribution in [0.4, 0.5) is 4.79 Å². The van der Waals surface area contributed by atoms with Gasteiger partial charge in [0.25, 0.3) is 0 Å². The van der Waals surface area contributed by atoms with Gasteiger partial charge in [0.1, 0.15) is 0 Å². The van der Waals surface area contributed by atoms with Crippen LogP contribution in [0.2, 0.25) is 0 Å². The molecule has 0 atom stereocenters. The van der Waals surface area contributed by atoms with Gasteiger partial charge in [-0.1, -0.05) is 0 Å². The van der Waals surface area contributed by atoms with Crippen LogP contribution in [0, 0.1) is 0 Å². The van der Waals surface area contributed by atoms with Gasteiger partial charge < -0.3 is 22.3 Å². The molecule has 0 aromatic heterocycles. The lowest BCUT2D eigenvalue weighted by Crippen LogP contribution is -2.21. The summed E-state index contributed by atoms with van der Waals surface area (Å²) in [5, 5.41) is 7.19. The Balaban J connectivity index is 0. The summed E-state index contributed by atoms with van der Waals surface area (Å²) >= 11 is 0. The van der Waals surface area contributed by atoms with Gasteiger partial charge in [0, 0.05) is 0 Å². The summed E-state index contributed by atoms with van der Waals surface area (Å²) in [6.07, 6.45) is -1.33. The molecule has 0 aliphatic rings. The molecule has 2 amide bonds. The summed E-state index contributed by atoms with van der Waals surface area (Å²) in [6.45, 7) is -0.0556. The Kier molecular flexibility index (Phi) is 7.92. The maximum Gasteiger partial charge on any atom is 0.402 e. The van der Waals surface area contributed by atoms with Crippen LogP contribution in [0.15, 0.2) is 0 Å². The zero-order chi connectivity index (χ0) is 7.86. The van der Waals surface area contributed by atoms with Crippen molar-refractivity contribution in [3.63, 3.8) is 0 Å². The fourth-order valence-electron chi connectivity index (χ4n) is 0. The Labute approximate surface area is 51.6 Å². The zero-order valence-corrected chi connectivity index (χ0v) is 4.70. The van der Waals surface area contributed by atoms with Crippen LogP contribution >= 0.6 is 0 Å². The largest absolute Gasteiger partial charge is 0.465 e. The first-order valence-corrected chi connectivity index (χ1v) is 1.97. The van der Waals surface area contributed by atoms with E-state index in [1.54, 1.807) is 0 Å². The van der Waals surface area contributed by atoms with Crippen LogP contribution in [0.3, 0.4) is 0 Å². The van der Waals surface area contributed by atoms with E-state index in [1.807, 2.05) is 0 Å². The lowest BCUT2D eigenvalue weighted by Gasteiger charge is -1.74. The molecular weight excluding hydrogens is 126 g/mol. The van der Waals surface area contributed by atoms with Gasteiger partial charge in [-0.3, -0.25) is 4.79 Å². The second kappa shape index (κ2) is 6.70. The molecule has 0 radical (unpaired) electrons. The Morgan fingerprint density at radius 1 is 1.33 bits per heavy atom. The summed E-state index contributed by atoms with van der Waals surface area (Å²) in [4.78, 5) is 18.2. The van der Waals surface area contributed by atoms with Gasteiger partial charge >= 0.3 is 6.09 Å². The molecule has 0 spiro atoms. The number of carbonyl (C=O) groups is 2. The molecule has 0 saturated heterocycles. The third kappa shape index (κ3) is 302. The molecule has 0 unspecified atom stereocenters. The lowest BCUT2D eigenvalue weighted by molar-refractivity contribution is -0.116. The van der Waals surface area contributed by atoms with E-state index in [0.29, 0.717) is 0 Å². The first kappa shape index (κ1) is 10.6. The van der Waals surface area contributed by atoms with Crippen molar-refractivity contribution >= 4 is 12.0 Å². The van der Waals surface area contributed by atoms with Gasteiger partial charge in [0.15, 0.2) is 0 Å².